The van der Waals surface area contributed by atoms with Crippen LogP contribution in [0.5, 0.6) is 0 Å². The van der Waals surface area contributed by atoms with E-state index in [1.807, 2.05) is 6.20 Å². The van der Waals surface area contributed by atoms with Crippen LogP contribution in [0.3, 0.4) is 0 Å². The summed E-state index contributed by atoms with van der Waals surface area (Å²) in [6.07, 6.45) is 6.46. The van der Waals surface area contributed by atoms with Crippen molar-refractivity contribution in [2.24, 2.45) is 5.73 Å². The van der Waals surface area contributed by atoms with Crippen molar-refractivity contribution < 1.29 is 0 Å². The van der Waals surface area contributed by atoms with Gasteiger partial charge in [-0.05, 0) is 38.3 Å². The first-order valence-corrected chi connectivity index (χ1v) is 5.57. The summed E-state index contributed by atoms with van der Waals surface area (Å²) in [7, 11) is 0. The summed E-state index contributed by atoms with van der Waals surface area (Å²) in [5.41, 5.74) is 8.31. The molecule has 0 aliphatic rings. The average Bonchev–Trinajstić information content (AvgIpc) is 2.58. The highest BCUT2D eigenvalue weighted by atomic mass is 15.3. The molecule has 0 aliphatic carbocycles. The van der Waals surface area contributed by atoms with Gasteiger partial charge >= 0.3 is 0 Å². The third kappa shape index (κ3) is 2.58. The predicted octanol–water partition coefficient (Wildman–Crippen LogP) is 1.75. The summed E-state index contributed by atoms with van der Waals surface area (Å²) in [6.45, 7) is 6.08. The van der Waals surface area contributed by atoms with E-state index >= 15 is 0 Å². The number of hydrogen-bond acceptors (Lipinski definition) is 2. The van der Waals surface area contributed by atoms with Gasteiger partial charge in [-0.2, -0.15) is 5.10 Å². The van der Waals surface area contributed by atoms with Gasteiger partial charge in [0.25, 0.3) is 0 Å². The molecule has 1 rings (SSSR count). The number of nitrogens with zero attached hydrogens (tertiary/aromatic N) is 2. The van der Waals surface area contributed by atoms with Crippen molar-refractivity contribution in [1.82, 2.24) is 9.78 Å². The minimum absolute atomic E-state index is 0.767. The average molecular weight is 195 g/mol. The van der Waals surface area contributed by atoms with Gasteiger partial charge in [0.1, 0.15) is 0 Å². The van der Waals surface area contributed by atoms with E-state index in [-0.39, 0.29) is 0 Å². The summed E-state index contributed by atoms with van der Waals surface area (Å²) in [5, 5.41) is 4.38. The van der Waals surface area contributed by atoms with Gasteiger partial charge in [0.2, 0.25) is 0 Å². The van der Waals surface area contributed by atoms with E-state index in [2.05, 4.69) is 23.6 Å². The van der Waals surface area contributed by atoms with Crippen LogP contribution in [0.25, 0.3) is 0 Å². The molecule has 80 valence electrons. The standard InChI is InChI=1S/C11H21N3/c1-3-6-11-10(7-5-8-12)9-13-14(11)4-2/h9H,3-8,12H2,1-2H3. The summed E-state index contributed by atoms with van der Waals surface area (Å²) in [6, 6.07) is 0. The third-order valence-corrected chi connectivity index (χ3v) is 2.47. The molecule has 0 saturated heterocycles. The second-order valence-corrected chi connectivity index (χ2v) is 3.57. The molecular weight excluding hydrogens is 174 g/mol. The number of rotatable bonds is 6. The molecule has 0 fully saturated rings. The smallest absolute Gasteiger partial charge is 0.0524 e. The van der Waals surface area contributed by atoms with E-state index < -0.39 is 0 Å². The highest BCUT2D eigenvalue weighted by Gasteiger charge is 2.07. The van der Waals surface area contributed by atoms with Gasteiger partial charge in [-0.3, -0.25) is 4.68 Å². The third-order valence-electron chi connectivity index (χ3n) is 2.47. The molecule has 0 unspecified atom stereocenters. The molecule has 0 radical (unpaired) electrons. The maximum Gasteiger partial charge on any atom is 0.0524 e. The van der Waals surface area contributed by atoms with E-state index in [4.69, 9.17) is 5.73 Å². The lowest BCUT2D eigenvalue weighted by atomic mass is 10.1. The second kappa shape index (κ2) is 5.81. The van der Waals surface area contributed by atoms with E-state index in [9.17, 15) is 0 Å². The Morgan fingerprint density at radius 3 is 2.71 bits per heavy atom. The van der Waals surface area contributed by atoms with Crippen LogP contribution in [0.15, 0.2) is 6.20 Å². The van der Waals surface area contributed by atoms with E-state index in [1.165, 1.54) is 17.7 Å². The topological polar surface area (TPSA) is 43.8 Å². The Kier molecular flexibility index (Phi) is 4.66. The minimum Gasteiger partial charge on any atom is -0.330 e. The lowest BCUT2D eigenvalue weighted by Gasteiger charge is -2.06. The fourth-order valence-corrected chi connectivity index (χ4v) is 1.75. The first kappa shape index (κ1) is 11.2. The van der Waals surface area contributed by atoms with Crippen molar-refractivity contribution in [1.29, 1.82) is 0 Å². The summed E-state index contributed by atoms with van der Waals surface area (Å²) in [5.74, 6) is 0. The number of nitrogens with two attached hydrogens (primary N) is 1. The largest absolute Gasteiger partial charge is 0.330 e. The van der Waals surface area contributed by atoms with Gasteiger partial charge < -0.3 is 5.73 Å². The molecule has 0 aliphatic heterocycles. The molecule has 1 aromatic rings. The molecular formula is C11H21N3. The lowest BCUT2D eigenvalue weighted by molar-refractivity contribution is 0.612. The van der Waals surface area contributed by atoms with Crippen molar-refractivity contribution in [3.8, 4) is 0 Å². The van der Waals surface area contributed by atoms with Crippen LogP contribution >= 0.6 is 0 Å². The monoisotopic (exact) mass is 195 g/mol. The summed E-state index contributed by atoms with van der Waals surface area (Å²) in [4.78, 5) is 0. The van der Waals surface area contributed by atoms with Gasteiger partial charge in [-0.25, -0.2) is 0 Å². The Bertz CT molecular complexity index is 265. The Labute approximate surface area is 86.3 Å². The maximum atomic E-state index is 5.51. The predicted molar refractivity (Wildman–Crippen MR) is 59.3 cm³/mol. The fourth-order valence-electron chi connectivity index (χ4n) is 1.75. The Hall–Kier alpha value is -0.830. The zero-order valence-electron chi connectivity index (χ0n) is 9.29. The zero-order valence-corrected chi connectivity index (χ0v) is 9.29. The quantitative estimate of drug-likeness (QED) is 0.751. The number of aryl methyl sites for hydroxylation is 2. The number of aromatic nitrogens is 2. The Morgan fingerprint density at radius 1 is 1.36 bits per heavy atom. The molecule has 1 aromatic heterocycles. The maximum absolute atomic E-state index is 5.51. The van der Waals surface area contributed by atoms with Crippen molar-refractivity contribution in [3.05, 3.63) is 17.5 Å². The molecule has 1 heterocycles. The van der Waals surface area contributed by atoms with Gasteiger partial charge in [0.05, 0.1) is 6.20 Å². The zero-order chi connectivity index (χ0) is 10.4. The van der Waals surface area contributed by atoms with Crippen molar-refractivity contribution in [2.75, 3.05) is 6.54 Å². The first-order chi connectivity index (χ1) is 6.83. The van der Waals surface area contributed by atoms with E-state index in [1.54, 1.807) is 0 Å². The minimum atomic E-state index is 0.767. The molecule has 3 heteroatoms. The number of hydrogen-bond donors (Lipinski definition) is 1. The molecule has 0 bridgehead atoms. The van der Waals surface area contributed by atoms with Crippen LogP contribution in [0, 0.1) is 0 Å². The Balaban J connectivity index is 2.75. The molecule has 0 saturated carbocycles. The highest BCUT2D eigenvalue weighted by molar-refractivity contribution is 5.18. The molecule has 0 atom stereocenters. The van der Waals surface area contributed by atoms with E-state index in [0.717, 1.165) is 32.4 Å². The lowest BCUT2D eigenvalue weighted by Crippen LogP contribution is -2.05. The van der Waals surface area contributed by atoms with Gasteiger partial charge in [-0.1, -0.05) is 13.3 Å². The SMILES string of the molecule is CCCc1c(CCCN)cnn1CC. The molecule has 2 N–H and O–H groups in total. The van der Waals surface area contributed by atoms with E-state index in [0.29, 0.717) is 0 Å². The van der Waals surface area contributed by atoms with Crippen molar-refractivity contribution in [3.63, 3.8) is 0 Å². The molecule has 3 nitrogen and oxygen atoms in total. The first-order valence-electron chi connectivity index (χ1n) is 5.57. The summed E-state index contributed by atoms with van der Waals surface area (Å²) < 4.78 is 2.11. The molecule has 0 aromatic carbocycles. The molecule has 14 heavy (non-hydrogen) atoms. The fraction of sp³-hybridized carbons (Fsp3) is 0.727. The van der Waals surface area contributed by atoms with Crippen LogP contribution < -0.4 is 5.73 Å². The van der Waals surface area contributed by atoms with Crippen LogP contribution in [0.4, 0.5) is 0 Å². The van der Waals surface area contributed by atoms with Crippen LogP contribution in [0.2, 0.25) is 0 Å². The summed E-state index contributed by atoms with van der Waals surface area (Å²) >= 11 is 0. The van der Waals surface area contributed by atoms with Crippen molar-refractivity contribution >= 4 is 0 Å². The molecule has 0 amide bonds. The second-order valence-electron chi connectivity index (χ2n) is 3.57. The van der Waals surface area contributed by atoms with Crippen molar-refractivity contribution in [2.45, 2.75) is 46.1 Å². The van der Waals surface area contributed by atoms with Gasteiger partial charge in [0.15, 0.2) is 0 Å². The van der Waals surface area contributed by atoms with Crippen LogP contribution in [-0.2, 0) is 19.4 Å². The van der Waals surface area contributed by atoms with Gasteiger partial charge in [-0.15, -0.1) is 0 Å². The van der Waals surface area contributed by atoms with Crippen LogP contribution in [0.1, 0.15) is 37.9 Å². The van der Waals surface area contributed by atoms with Crippen LogP contribution in [-0.4, -0.2) is 16.3 Å². The van der Waals surface area contributed by atoms with Gasteiger partial charge in [0, 0.05) is 12.2 Å². The Morgan fingerprint density at radius 2 is 2.14 bits per heavy atom. The normalized spacial score (nSPS) is 10.8. The molecule has 0 spiro atoms. The highest BCUT2D eigenvalue weighted by Crippen LogP contribution is 2.13.